The molecule has 0 saturated carbocycles. The molecule has 136 valence electrons. The maximum absolute atomic E-state index is 12.6. The second kappa shape index (κ2) is 8.13. The van der Waals surface area contributed by atoms with Gasteiger partial charge in [0.1, 0.15) is 0 Å². The third kappa shape index (κ3) is 6.27. The van der Waals surface area contributed by atoms with E-state index in [-0.39, 0.29) is 11.2 Å². The molecule has 3 N–H and O–H groups in total. The zero-order valence-electron chi connectivity index (χ0n) is 15.1. The molecule has 0 spiro atoms. The standard InChI is InChI=1S/C20H28N2O2S/c1-20(2,3)14-15-25(23,24)22-19(17-12-8-5-9-13-17)18(21)16-10-6-4-7-11-16/h4-13,18-19,22H,14-15,21H2,1-3H3. The van der Waals surface area contributed by atoms with Crippen LogP contribution in [0.2, 0.25) is 0 Å². The highest BCUT2D eigenvalue weighted by Gasteiger charge is 2.27. The van der Waals surface area contributed by atoms with Crippen LogP contribution in [0.4, 0.5) is 0 Å². The van der Waals surface area contributed by atoms with Crippen molar-refractivity contribution in [2.75, 3.05) is 5.75 Å². The molecular formula is C20H28N2O2S. The summed E-state index contributed by atoms with van der Waals surface area (Å²) >= 11 is 0. The Bertz CT molecular complexity index is 753. The van der Waals surface area contributed by atoms with Crippen LogP contribution in [-0.4, -0.2) is 14.2 Å². The first-order chi connectivity index (χ1) is 11.7. The van der Waals surface area contributed by atoms with Crippen molar-refractivity contribution in [1.82, 2.24) is 4.72 Å². The molecule has 0 fully saturated rings. The van der Waals surface area contributed by atoms with Gasteiger partial charge >= 0.3 is 0 Å². The lowest BCUT2D eigenvalue weighted by Gasteiger charge is -2.27. The summed E-state index contributed by atoms with van der Waals surface area (Å²) in [6.07, 6.45) is 0.588. The summed E-state index contributed by atoms with van der Waals surface area (Å²) in [7, 11) is -3.45. The fourth-order valence-electron chi connectivity index (χ4n) is 2.57. The Kier molecular flexibility index (Phi) is 6.38. The topological polar surface area (TPSA) is 72.2 Å². The van der Waals surface area contributed by atoms with Gasteiger partial charge in [-0.25, -0.2) is 13.1 Å². The van der Waals surface area contributed by atoms with E-state index >= 15 is 0 Å². The zero-order valence-corrected chi connectivity index (χ0v) is 16.0. The molecule has 0 saturated heterocycles. The molecule has 0 aromatic heterocycles. The van der Waals surface area contributed by atoms with E-state index in [9.17, 15) is 8.42 Å². The Morgan fingerprint density at radius 3 is 1.88 bits per heavy atom. The molecule has 4 nitrogen and oxygen atoms in total. The highest BCUT2D eigenvalue weighted by Crippen LogP contribution is 2.28. The molecule has 2 rings (SSSR count). The van der Waals surface area contributed by atoms with Gasteiger partial charge in [0.05, 0.1) is 17.8 Å². The molecule has 25 heavy (non-hydrogen) atoms. The molecular weight excluding hydrogens is 332 g/mol. The van der Waals surface area contributed by atoms with Gasteiger partial charge in [0.25, 0.3) is 0 Å². The first-order valence-electron chi connectivity index (χ1n) is 8.53. The minimum Gasteiger partial charge on any atom is -0.322 e. The van der Waals surface area contributed by atoms with E-state index in [1.807, 2.05) is 81.4 Å². The molecule has 0 radical (unpaired) electrons. The van der Waals surface area contributed by atoms with Crippen LogP contribution in [0.1, 0.15) is 50.4 Å². The highest BCUT2D eigenvalue weighted by atomic mass is 32.2. The normalized spacial score (nSPS) is 14.9. The summed E-state index contributed by atoms with van der Waals surface area (Å²) in [6.45, 7) is 6.10. The van der Waals surface area contributed by atoms with Crippen molar-refractivity contribution in [2.45, 2.75) is 39.3 Å². The van der Waals surface area contributed by atoms with Crippen molar-refractivity contribution in [3.63, 3.8) is 0 Å². The Hall–Kier alpha value is -1.69. The van der Waals surface area contributed by atoms with Crippen LogP contribution in [-0.2, 0) is 10.0 Å². The van der Waals surface area contributed by atoms with Crippen LogP contribution in [0, 0.1) is 5.41 Å². The molecule has 0 aliphatic rings. The summed E-state index contributed by atoms with van der Waals surface area (Å²) < 4.78 is 28.1. The molecule has 0 amide bonds. The van der Waals surface area contributed by atoms with E-state index in [4.69, 9.17) is 5.73 Å². The van der Waals surface area contributed by atoms with E-state index in [0.29, 0.717) is 6.42 Å². The summed E-state index contributed by atoms with van der Waals surface area (Å²) in [5.74, 6) is 0.0847. The van der Waals surface area contributed by atoms with Crippen LogP contribution in [0.15, 0.2) is 60.7 Å². The average molecular weight is 361 g/mol. The van der Waals surface area contributed by atoms with E-state index in [2.05, 4.69) is 4.72 Å². The van der Waals surface area contributed by atoms with Crippen LogP contribution in [0.3, 0.4) is 0 Å². The van der Waals surface area contributed by atoms with Crippen molar-refractivity contribution in [3.05, 3.63) is 71.8 Å². The minimum atomic E-state index is -3.45. The van der Waals surface area contributed by atoms with Gasteiger partial charge < -0.3 is 5.73 Å². The van der Waals surface area contributed by atoms with Crippen molar-refractivity contribution in [2.24, 2.45) is 11.1 Å². The van der Waals surface area contributed by atoms with Crippen LogP contribution in [0.5, 0.6) is 0 Å². The van der Waals surface area contributed by atoms with E-state index in [1.165, 1.54) is 0 Å². The van der Waals surface area contributed by atoms with Crippen LogP contribution in [0.25, 0.3) is 0 Å². The van der Waals surface area contributed by atoms with Crippen molar-refractivity contribution < 1.29 is 8.42 Å². The fourth-order valence-corrected chi connectivity index (χ4v) is 4.24. The van der Waals surface area contributed by atoms with Gasteiger partial charge in [0, 0.05) is 0 Å². The third-order valence-corrected chi connectivity index (χ3v) is 5.48. The van der Waals surface area contributed by atoms with Gasteiger partial charge in [0.15, 0.2) is 0 Å². The van der Waals surface area contributed by atoms with Crippen LogP contribution < -0.4 is 10.5 Å². The minimum absolute atomic E-state index is 0.0431. The number of hydrogen-bond acceptors (Lipinski definition) is 3. The smallest absolute Gasteiger partial charge is 0.212 e. The lowest BCUT2D eigenvalue weighted by atomic mass is 9.94. The first-order valence-corrected chi connectivity index (χ1v) is 10.2. The summed E-state index contributed by atoms with van der Waals surface area (Å²) in [6, 6.07) is 18.1. The maximum Gasteiger partial charge on any atom is 0.212 e. The summed E-state index contributed by atoms with van der Waals surface area (Å²) in [5, 5.41) is 0. The summed E-state index contributed by atoms with van der Waals surface area (Å²) in [5.41, 5.74) is 8.15. The zero-order chi connectivity index (χ0) is 18.5. The van der Waals surface area contributed by atoms with Crippen molar-refractivity contribution in [1.29, 1.82) is 0 Å². The monoisotopic (exact) mass is 360 g/mol. The number of nitrogens with one attached hydrogen (secondary N) is 1. The molecule has 5 heteroatoms. The quantitative estimate of drug-likeness (QED) is 0.789. The van der Waals surface area contributed by atoms with Crippen molar-refractivity contribution in [3.8, 4) is 0 Å². The van der Waals surface area contributed by atoms with Gasteiger partial charge in [-0.05, 0) is 23.0 Å². The molecule has 2 atom stereocenters. The fraction of sp³-hybridized carbons (Fsp3) is 0.400. The SMILES string of the molecule is CC(C)(C)CCS(=O)(=O)NC(c1ccccc1)C(N)c1ccccc1. The number of nitrogens with two attached hydrogens (primary N) is 1. The van der Waals surface area contributed by atoms with Gasteiger partial charge in [-0.3, -0.25) is 0 Å². The maximum atomic E-state index is 12.6. The number of rotatable bonds is 7. The van der Waals surface area contributed by atoms with Crippen LogP contribution >= 0.6 is 0 Å². The van der Waals surface area contributed by atoms with Gasteiger partial charge in [-0.1, -0.05) is 81.4 Å². The van der Waals surface area contributed by atoms with Crippen molar-refractivity contribution >= 4 is 10.0 Å². The third-order valence-electron chi connectivity index (χ3n) is 4.13. The summed E-state index contributed by atoms with van der Waals surface area (Å²) in [4.78, 5) is 0. The lowest BCUT2D eigenvalue weighted by molar-refractivity contribution is 0.395. The predicted molar refractivity (Wildman–Crippen MR) is 104 cm³/mol. The van der Waals surface area contributed by atoms with Gasteiger partial charge in [-0.15, -0.1) is 0 Å². The number of sulfonamides is 1. The Morgan fingerprint density at radius 2 is 1.40 bits per heavy atom. The molecule has 0 heterocycles. The predicted octanol–water partition coefficient (Wildman–Crippen LogP) is 3.78. The van der Waals surface area contributed by atoms with E-state index < -0.39 is 22.1 Å². The number of benzene rings is 2. The Balaban J connectivity index is 2.27. The highest BCUT2D eigenvalue weighted by molar-refractivity contribution is 7.89. The lowest BCUT2D eigenvalue weighted by Crippen LogP contribution is -2.37. The largest absolute Gasteiger partial charge is 0.322 e. The molecule has 2 unspecified atom stereocenters. The number of hydrogen-bond donors (Lipinski definition) is 2. The molecule has 0 aliphatic carbocycles. The molecule has 0 bridgehead atoms. The molecule has 0 aliphatic heterocycles. The molecule has 2 aromatic carbocycles. The second-order valence-electron chi connectivity index (χ2n) is 7.57. The molecule has 2 aromatic rings. The average Bonchev–Trinajstić information content (AvgIpc) is 2.59. The van der Waals surface area contributed by atoms with Gasteiger partial charge in [-0.2, -0.15) is 0 Å². The second-order valence-corrected chi connectivity index (χ2v) is 9.45. The van der Waals surface area contributed by atoms with E-state index in [1.54, 1.807) is 0 Å². The Labute approximate surface area is 151 Å². The first kappa shape index (κ1) is 19.6. The van der Waals surface area contributed by atoms with Gasteiger partial charge in [0.2, 0.25) is 10.0 Å². The Morgan fingerprint density at radius 1 is 0.920 bits per heavy atom. The van der Waals surface area contributed by atoms with E-state index in [0.717, 1.165) is 11.1 Å².